The number of nitrogens with zero attached hydrogens (tertiary/aromatic N) is 3. The molecule has 0 bridgehead atoms. The third-order valence-electron chi connectivity index (χ3n) is 5.91. The number of hydrogen-bond acceptors (Lipinski definition) is 6. The summed E-state index contributed by atoms with van der Waals surface area (Å²) >= 11 is 1.59. The molecular formula is C26H28N4O3S. The van der Waals surface area contributed by atoms with Gasteiger partial charge in [0.15, 0.2) is 5.65 Å². The van der Waals surface area contributed by atoms with Crippen LogP contribution in [-0.4, -0.2) is 40.0 Å². The second-order valence-corrected chi connectivity index (χ2v) is 9.80. The van der Waals surface area contributed by atoms with Gasteiger partial charge in [-0.3, -0.25) is 4.79 Å². The van der Waals surface area contributed by atoms with Gasteiger partial charge in [0.25, 0.3) is 5.91 Å². The van der Waals surface area contributed by atoms with Gasteiger partial charge in [0.2, 0.25) is 0 Å². The van der Waals surface area contributed by atoms with Gasteiger partial charge in [-0.2, -0.15) is 5.10 Å². The predicted molar refractivity (Wildman–Crippen MR) is 135 cm³/mol. The van der Waals surface area contributed by atoms with Crippen LogP contribution in [0.5, 0.6) is 5.75 Å². The van der Waals surface area contributed by atoms with Crippen LogP contribution in [0.25, 0.3) is 21.6 Å². The average molecular weight is 477 g/mol. The van der Waals surface area contributed by atoms with Gasteiger partial charge in [-0.25, -0.2) is 9.67 Å². The van der Waals surface area contributed by atoms with Crippen molar-refractivity contribution in [1.82, 2.24) is 14.8 Å². The highest BCUT2D eigenvalue weighted by Crippen LogP contribution is 2.31. The first-order valence-electron chi connectivity index (χ1n) is 11.6. The monoisotopic (exact) mass is 476 g/mol. The van der Waals surface area contributed by atoms with Crippen LogP contribution in [0.3, 0.4) is 0 Å². The number of carbonyl (C=O) groups is 1. The topological polar surface area (TPSA) is 78.3 Å². The average Bonchev–Trinajstić information content (AvgIpc) is 3.60. The molecule has 7 nitrogen and oxygen atoms in total. The fraction of sp³-hybridized carbons (Fsp3) is 0.346. The maximum Gasteiger partial charge on any atom is 0.256 e. The second-order valence-electron chi connectivity index (χ2n) is 8.85. The van der Waals surface area contributed by atoms with Crippen molar-refractivity contribution in [2.75, 3.05) is 18.5 Å². The van der Waals surface area contributed by atoms with Gasteiger partial charge in [-0.05, 0) is 68.8 Å². The third kappa shape index (κ3) is 4.56. The molecule has 4 heterocycles. The smallest absolute Gasteiger partial charge is 0.256 e. The summed E-state index contributed by atoms with van der Waals surface area (Å²) in [7, 11) is 0. The number of hydrogen-bond donors (Lipinski definition) is 1. The summed E-state index contributed by atoms with van der Waals surface area (Å²) in [5.74, 6) is 0.421. The van der Waals surface area contributed by atoms with E-state index in [1.54, 1.807) is 17.5 Å². The lowest BCUT2D eigenvalue weighted by Gasteiger charge is -2.16. The summed E-state index contributed by atoms with van der Waals surface area (Å²) in [6.07, 6.45) is 3.87. The number of nitrogens with one attached hydrogen (secondary N) is 1. The Bertz CT molecular complexity index is 1310. The molecule has 0 aliphatic carbocycles. The van der Waals surface area contributed by atoms with E-state index >= 15 is 0 Å². The standard InChI is InChI=1S/C26H28N4O3S/c1-16(2)30-25-20(14-27-30)19(13-22(28-25)24-7-5-11-34-24)26(31)29-21-9-8-17(3)12-23(21)33-15-18-6-4-10-32-18/h5,7-9,11-14,16,18H,4,6,10,15H2,1-3H3,(H,29,31). The number of amides is 1. The number of benzene rings is 1. The number of fused-ring (bicyclic) bond motifs is 1. The van der Waals surface area contributed by atoms with Crippen LogP contribution < -0.4 is 10.1 Å². The van der Waals surface area contributed by atoms with Crippen LogP contribution in [0.1, 0.15) is 48.7 Å². The molecule has 0 radical (unpaired) electrons. The summed E-state index contributed by atoms with van der Waals surface area (Å²) in [6, 6.07) is 11.7. The maximum atomic E-state index is 13.6. The fourth-order valence-corrected chi connectivity index (χ4v) is 4.82. The highest BCUT2D eigenvalue weighted by molar-refractivity contribution is 7.13. The molecule has 0 spiro atoms. The normalized spacial score (nSPS) is 15.8. The third-order valence-corrected chi connectivity index (χ3v) is 6.80. The van der Waals surface area contributed by atoms with Crippen molar-refractivity contribution in [1.29, 1.82) is 0 Å². The van der Waals surface area contributed by atoms with E-state index in [9.17, 15) is 4.79 Å². The molecule has 0 saturated carbocycles. The quantitative estimate of drug-likeness (QED) is 0.361. The molecule has 4 aromatic rings. The van der Waals surface area contributed by atoms with E-state index in [0.29, 0.717) is 29.3 Å². The summed E-state index contributed by atoms with van der Waals surface area (Å²) in [6.45, 7) is 7.35. The zero-order valence-corrected chi connectivity index (χ0v) is 20.4. The van der Waals surface area contributed by atoms with Gasteiger partial charge >= 0.3 is 0 Å². The van der Waals surface area contributed by atoms with Crippen molar-refractivity contribution in [2.24, 2.45) is 0 Å². The lowest BCUT2D eigenvalue weighted by molar-refractivity contribution is 0.0681. The minimum Gasteiger partial charge on any atom is -0.489 e. The zero-order chi connectivity index (χ0) is 23.7. The molecule has 1 aromatic carbocycles. The first kappa shape index (κ1) is 22.6. The molecule has 1 amide bonds. The number of pyridine rings is 1. The Labute approximate surface area is 202 Å². The van der Waals surface area contributed by atoms with Gasteiger partial charge in [0.1, 0.15) is 12.4 Å². The molecule has 1 aliphatic rings. The van der Waals surface area contributed by atoms with E-state index in [4.69, 9.17) is 14.5 Å². The number of anilines is 1. The molecule has 8 heteroatoms. The van der Waals surface area contributed by atoms with Gasteiger partial charge in [-0.15, -0.1) is 11.3 Å². The zero-order valence-electron chi connectivity index (χ0n) is 19.6. The number of aryl methyl sites for hydroxylation is 1. The summed E-state index contributed by atoms with van der Waals surface area (Å²) in [4.78, 5) is 19.4. The van der Waals surface area contributed by atoms with E-state index in [1.165, 1.54) is 0 Å². The van der Waals surface area contributed by atoms with E-state index in [1.807, 2.05) is 53.4 Å². The number of aromatic nitrogens is 3. The van der Waals surface area contributed by atoms with E-state index in [2.05, 4.69) is 24.3 Å². The molecular weight excluding hydrogens is 448 g/mol. The Hall–Kier alpha value is -3.23. The molecule has 5 rings (SSSR count). The second kappa shape index (κ2) is 9.56. The molecule has 1 atom stereocenters. The molecule has 1 N–H and O–H groups in total. The minimum atomic E-state index is -0.223. The van der Waals surface area contributed by atoms with E-state index in [0.717, 1.165) is 41.0 Å². The van der Waals surface area contributed by atoms with Gasteiger partial charge in [-0.1, -0.05) is 12.1 Å². The lowest BCUT2D eigenvalue weighted by atomic mass is 10.1. The molecule has 1 saturated heterocycles. The highest BCUT2D eigenvalue weighted by Gasteiger charge is 2.21. The Morgan fingerprint density at radius 3 is 2.94 bits per heavy atom. The van der Waals surface area contributed by atoms with Crippen molar-refractivity contribution in [2.45, 2.75) is 45.8 Å². The van der Waals surface area contributed by atoms with Crippen molar-refractivity contribution in [3.63, 3.8) is 0 Å². The van der Waals surface area contributed by atoms with Gasteiger partial charge in [0, 0.05) is 12.6 Å². The van der Waals surface area contributed by atoms with Gasteiger partial charge < -0.3 is 14.8 Å². The van der Waals surface area contributed by atoms with E-state index in [-0.39, 0.29) is 18.1 Å². The molecule has 1 unspecified atom stereocenters. The number of rotatable bonds is 7. The maximum absolute atomic E-state index is 13.6. The van der Waals surface area contributed by atoms with Crippen molar-refractivity contribution < 1.29 is 14.3 Å². The van der Waals surface area contributed by atoms with E-state index < -0.39 is 0 Å². The van der Waals surface area contributed by atoms with Crippen LogP contribution in [-0.2, 0) is 4.74 Å². The van der Waals surface area contributed by atoms with Crippen molar-refractivity contribution in [3.8, 4) is 16.3 Å². The predicted octanol–water partition coefficient (Wildman–Crippen LogP) is 5.86. The summed E-state index contributed by atoms with van der Waals surface area (Å²) in [5, 5.41) is 10.3. The molecule has 3 aromatic heterocycles. The van der Waals surface area contributed by atoms with Crippen LogP contribution >= 0.6 is 11.3 Å². The molecule has 1 fully saturated rings. The Kier molecular flexibility index (Phi) is 6.34. The number of ether oxygens (including phenoxy) is 2. The summed E-state index contributed by atoms with van der Waals surface area (Å²) in [5.41, 5.74) is 3.68. The Morgan fingerprint density at radius 1 is 1.32 bits per heavy atom. The number of carbonyl (C=O) groups excluding carboxylic acids is 1. The van der Waals surface area contributed by atoms with Crippen LogP contribution in [0.4, 0.5) is 5.69 Å². The fourth-order valence-electron chi connectivity index (χ4n) is 4.13. The van der Waals surface area contributed by atoms with Crippen molar-refractivity contribution >= 4 is 34.0 Å². The Morgan fingerprint density at radius 2 is 2.21 bits per heavy atom. The van der Waals surface area contributed by atoms with Gasteiger partial charge in [0.05, 0.1) is 39.5 Å². The lowest BCUT2D eigenvalue weighted by Crippen LogP contribution is -2.18. The molecule has 1 aliphatic heterocycles. The highest BCUT2D eigenvalue weighted by atomic mass is 32.1. The van der Waals surface area contributed by atoms with Crippen LogP contribution in [0.2, 0.25) is 0 Å². The minimum absolute atomic E-state index is 0.0964. The van der Waals surface area contributed by atoms with Crippen molar-refractivity contribution in [3.05, 3.63) is 59.1 Å². The summed E-state index contributed by atoms with van der Waals surface area (Å²) < 4.78 is 13.6. The molecule has 34 heavy (non-hydrogen) atoms. The first-order valence-corrected chi connectivity index (χ1v) is 12.5. The SMILES string of the molecule is Cc1ccc(NC(=O)c2cc(-c3cccs3)nc3c2cnn3C(C)C)c(OCC2CCCO2)c1. The Balaban J connectivity index is 1.49. The number of thiophene rings is 1. The molecule has 176 valence electrons. The first-order chi connectivity index (χ1) is 16.5. The largest absolute Gasteiger partial charge is 0.489 e. The van der Waals surface area contributed by atoms with Crippen LogP contribution in [0.15, 0.2) is 48.0 Å². The van der Waals surface area contributed by atoms with Crippen LogP contribution in [0, 0.1) is 6.92 Å².